The van der Waals surface area contributed by atoms with Crippen molar-refractivity contribution >= 4 is 12.6 Å². The van der Waals surface area contributed by atoms with Crippen LogP contribution in [0.3, 0.4) is 0 Å². The van der Waals surface area contributed by atoms with Gasteiger partial charge in [-0.15, -0.1) is 12.6 Å². The Balaban J connectivity index is 2.81. The topological polar surface area (TPSA) is 27.7 Å². The van der Waals surface area contributed by atoms with Crippen molar-refractivity contribution in [3.05, 3.63) is 12.1 Å². The lowest BCUT2D eigenvalue weighted by molar-refractivity contribution is 0.270. The van der Waals surface area contributed by atoms with Crippen LogP contribution >= 0.6 is 12.6 Å². The molecule has 0 amide bonds. The maximum absolute atomic E-state index is 5.83. The van der Waals surface area contributed by atoms with Crippen LogP contribution in [-0.4, -0.2) is 19.8 Å². The van der Waals surface area contributed by atoms with Crippen LogP contribution in [0.5, 0.6) is 17.2 Å². The molecule has 0 aliphatic carbocycles. The third kappa shape index (κ3) is 6.82. The van der Waals surface area contributed by atoms with E-state index in [1.165, 1.54) is 0 Å². The number of benzene rings is 1. The Labute approximate surface area is 140 Å². The minimum Gasteiger partial charge on any atom is -0.493 e. The molecule has 126 valence electrons. The highest BCUT2D eigenvalue weighted by atomic mass is 32.1. The first-order valence-corrected chi connectivity index (χ1v) is 8.93. The van der Waals surface area contributed by atoms with Crippen LogP contribution in [0.1, 0.15) is 59.3 Å². The van der Waals surface area contributed by atoms with E-state index >= 15 is 0 Å². The van der Waals surface area contributed by atoms with Gasteiger partial charge in [0, 0.05) is 12.1 Å². The summed E-state index contributed by atoms with van der Waals surface area (Å²) < 4.78 is 17.5. The minimum absolute atomic E-state index is 0.691. The van der Waals surface area contributed by atoms with Crippen molar-refractivity contribution in [3.63, 3.8) is 0 Å². The Morgan fingerprint density at radius 2 is 1.14 bits per heavy atom. The number of hydrogen-bond donors (Lipinski definition) is 1. The number of rotatable bonds is 12. The van der Waals surface area contributed by atoms with Crippen molar-refractivity contribution in [1.82, 2.24) is 0 Å². The number of ether oxygens (including phenoxy) is 3. The van der Waals surface area contributed by atoms with Gasteiger partial charge in [0.2, 0.25) is 0 Å². The summed E-state index contributed by atoms with van der Waals surface area (Å²) >= 11 is 4.57. The molecule has 1 aromatic carbocycles. The number of hydrogen-bond acceptors (Lipinski definition) is 4. The molecule has 0 N–H and O–H groups in total. The Morgan fingerprint density at radius 3 is 1.55 bits per heavy atom. The minimum atomic E-state index is 0.691. The molecule has 0 bridgehead atoms. The van der Waals surface area contributed by atoms with Gasteiger partial charge in [0.25, 0.3) is 0 Å². The molecule has 0 aromatic heterocycles. The molecule has 0 fully saturated rings. The van der Waals surface area contributed by atoms with Crippen LogP contribution in [0.4, 0.5) is 0 Å². The van der Waals surface area contributed by atoms with Crippen LogP contribution in [0.2, 0.25) is 0 Å². The van der Waals surface area contributed by atoms with E-state index in [1.54, 1.807) is 0 Å². The average Bonchev–Trinajstić information content (AvgIpc) is 2.52. The summed E-state index contributed by atoms with van der Waals surface area (Å²) in [5.41, 5.74) is 0. The van der Waals surface area contributed by atoms with Gasteiger partial charge in [-0.2, -0.15) is 0 Å². The van der Waals surface area contributed by atoms with Crippen LogP contribution in [0.25, 0.3) is 0 Å². The molecule has 0 heterocycles. The van der Waals surface area contributed by atoms with E-state index in [0.29, 0.717) is 19.8 Å². The Hall–Kier alpha value is -1.03. The molecule has 0 spiro atoms. The van der Waals surface area contributed by atoms with Crippen LogP contribution in [0, 0.1) is 0 Å². The first-order valence-electron chi connectivity index (χ1n) is 8.48. The van der Waals surface area contributed by atoms with Gasteiger partial charge in [0.1, 0.15) is 17.2 Å². The zero-order chi connectivity index (χ0) is 16.2. The monoisotopic (exact) mass is 326 g/mol. The van der Waals surface area contributed by atoms with Crippen molar-refractivity contribution in [1.29, 1.82) is 0 Å². The summed E-state index contributed by atoms with van der Waals surface area (Å²) in [4.78, 5) is 0.759. The third-order valence-corrected chi connectivity index (χ3v) is 3.73. The maximum Gasteiger partial charge on any atom is 0.140 e. The normalized spacial score (nSPS) is 10.5. The van der Waals surface area contributed by atoms with Crippen molar-refractivity contribution in [3.8, 4) is 17.2 Å². The average molecular weight is 327 g/mol. The van der Waals surface area contributed by atoms with Crippen molar-refractivity contribution in [2.75, 3.05) is 19.8 Å². The maximum atomic E-state index is 5.83. The zero-order valence-corrected chi connectivity index (χ0v) is 15.1. The van der Waals surface area contributed by atoms with Gasteiger partial charge in [0.15, 0.2) is 0 Å². The molecular weight excluding hydrogens is 296 g/mol. The van der Waals surface area contributed by atoms with Gasteiger partial charge in [-0.25, -0.2) is 0 Å². The fourth-order valence-corrected chi connectivity index (χ4v) is 2.11. The van der Waals surface area contributed by atoms with E-state index < -0.39 is 0 Å². The zero-order valence-electron chi connectivity index (χ0n) is 14.2. The van der Waals surface area contributed by atoms with E-state index in [-0.39, 0.29) is 0 Å². The highest BCUT2D eigenvalue weighted by Gasteiger charge is 2.12. The fraction of sp³-hybridized carbons (Fsp3) is 0.667. The molecule has 0 saturated heterocycles. The lowest BCUT2D eigenvalue weighted by Gasteiger charge is -2.16. The van der Waals surface area contributed by atoms with E-state index in [9.17, 15) is 0 Å². The molecule has 22 heavy (non-hydrogen) atoms. The van der Waals surface area contributed by atoms with Crippen LogP contribution in [-0.2, 0) is 0 Å². The highest BCUT2D eigenvalue weighted by molar-refractivity contribution is 7.80. The van der Waals surface area contributed by atoms with Crippen LogP contribution in [0.15, 0.2) is 17.0 Å². The summed E-state index contributed by atoms with van der Waals surface area (Å²) in [6.07, 6.45) is 6.42. The molecule has 4 heteroatoms. The predicted octanol–water partition coefficient (Wildman–Crippen LogP) is 5.51. The molecule has 0 aliphatic heterocycles. The van der Waals surface area contributed by atoms with Gasteiger partial charge in [0.05, 0.1) is 24.7 Å². The number of thiol groups is 1. The summed E-state index contributed by atoms with van der Waals surface area (Å²) in [5, 5.41) is 0. The lowest BCUT2D eigenvalue weighted by atomic mass is 10.3. The molecule has 0 unspecified atom stereocenters. The summed E-state index contributed by atoms with van der Waals surface area (Å²) in [7, 11) is 0. The largest absolute Gasteiger partial charge is 0.493 e. The second kappa shape index (κ2) is 11.5. The second-order valence-electron chi connectivity index (χ2n) is 5.37. The Morgan fingerprint density at radius 1 is 0.727 bits per heavy atom. The summed E-state index contributed by atoms with van der Waals surface area (Å²) in [6.45, 7) is 8.54. The molecule has 0 atom stereocenters. The first-order chi connectivity index (χ1) is 10.7. The smallest absolute Gasteiger partial charge is 0.140 e. The Kier molecular flexibility index (Phi) is 9.96. The van der Waals surface area contributed by atoms with Crippen molar-refractivity contribution < 1.29 is 14.2 Å². The lowest BCUT2D eigenvalue weighted by Crippen LogP contribution is -2.03. The fourth-order valence-electron chi connectivity index (χ4n) is 1.85. The third-order valence-electron chi connectivity index (χ3n) is 3.29. The highest BCUT2D eigenvalue weighted by Crippen LogP contribution is 2.37. The van der Waals surface area contributed by atoms with Gasteiger partial charge >= 0.3 is 0 Å². The molecule has 1 aromatic rings. The van der Waals surface area contributed by atoms with E-state index in [0.717, 1.165) is 60.7 Å². The molecule has 0 radical (unpaired) electrons. The molecule has 1 rings (SSSR count). The van der Waals surface area contributed by atoms with Gasteiger partial charge in [-0.1, -0.05) is 40.0 Å². The van der Waals surface area contributed by atoms with E-state index in [4.69, 9.17) is 14.2 Å². The summed E-state index contributed by atoms with van der Waals surface area (Å²) in [6, 6.07) is 3.83. The molecule has 0 aliphatic rings. The van der Waals surface area contributed by atoms with Gasteiger partial charge in [-0.05, 0) is 19.3 Å². The number of unbranched alkanes of at least 4 members (excludes halogenated alkanes) is 3. The van der Waals surface area contributed by atoms with Crippen molar-refractivity contribution in [2.45, 2.75) is 64.2 Å². The van der Waals surface area contributed by atoms with E-state index in [1.807, 2.05) is 12.1 Å². The van der Waals surface area contributed by atoms with Crippen molar-refractivity contribution in [2.24, 2.45) is 0 Å². The quantitative estimate of drug-likeness (QED) is 0.405. The van der Waals surface area contributed by atoms with Gasteiger partial charge in [-0.3, -0.25) is 0 Å². The summed E-state index contributed by atoms with van der Waals surface area (Å²) in [5.74, 6) is 2.29. The molecule has 3 nitrogen and oxygen atoms in total. The van der Waals surface area contributed by atoms with E-state index in [2.05, 4.69) is 33.4 Å². The second-order valence-corrected chi connectivity index (χ2v) is 5.82. The molecule has 0 saturated carbocycles. The SMILES string of the molecule is CCCCOc1cc(OCCCC)c(S)c(OCCCC)c1. The molecular formula is C18H30O3S. The van der Waals surface area contributed by atoms with Crippen LogP contribution < -0.4 is 14.2 Å². The standard InChI is InChI=1S/C18H30O3S/c1-4-7-10-19-15-13-16(20-11-8-5-2)18(22)17(14-15)21-12-9-6-3/h13-14,22H,4-12H2,1-3H3. The van der Waals surface area contributed by atoms with Gasteiger partial charge < -0.3 is 14.2 Å². The first kappa shape index (κ1) is 19.0. The predicted molar refractivity (Wildman–Crippen MR) is 94.9 cm³/mol. The Bertz CT molecular complexity index is 390.